The number of likely N-dealkylation sites (N-methyl/N-ethyl adjacent to an activating group) is 1. The van der Waals surface area contributed by atoms with E-state index in [2.05, 4.69) is 30.2 Å². The van der Waals surface area contributed by atoms with Gasteiger partial charge in [0.2, 0.25) is 0 Å². The molecule has 3 aliphatic rings. The van der Waals surface area contributed by atoms with Gasteiger partial charge in [-0.05, 0) is 50.0 Å². The van der Waals surface area contributed by atoms with Crippen molar-refractivity contribution in [1.29, 1.82) is 0 Å². The third kappa shape index (κ3) is 3.08. The van der Waals surface area contributed by atoms with Crippen LogP contribution >= 0.6 is 0 Å². The summed E-state index contributed by atoms with van der Waals surface area (Å²) in [5.41, 5.74) is 1.23. The summed E-state index contributed by atoms with van der Waals surface area (Å²) in [6, 6.07) is 6.53. The van der Waals surface area contributed by atoms with E-state index in [-0.39, 0.29) is 6.10 Å². The predicted molar refractivity (Wildman–Crippen MR) is 94.9 cm³/mol. The summed E-state index contributed by atoms with van der Waals surface area (Å²) in [7, 11) is 3.83. The Morgan fingerprint density at radius 3 is 2.92 bits per heavy atom. The first-order chi connectivity index (χ1) is 12.6. The second kappa shape index (κ2) is 6.93. The van der Waals surface area contributed by atoms with Gasteiger partial charge in [0.25, 0.3) is 0 Å². The summed E-state index contributed by atoms with van der Waals surface area (Å²) in [6.45, 7) is 2.34. The summed E-state index contributed by atoms with van der Waals surface area (Å²) >= 11 is 0. The molecular formula is C20H25NO5. The molecule has 1 fully saturated rings. The standard InChI is InChI=1S/C20H25NO5/c1-12(22)25-26-18-7-5-14-15-8-9-21(2)16(14)10-13-4-6-17(23-3)19(11-13)24-20(15)18/h4-7,11,14-16,18,20H,8-10H2,1-3H3/t14-,15+,16-,18+,20-/m1/s1. The maximum Gasteiger partial charge on any atom is 0.339 e. The second-order valence-electron chi connectivity index (χ2n) is 7.37. The largest absolute Gasteiger partial charge is 0.493 e. The lowest BCUT2D eigenvalue weighted by Gasteiger charge is -2.47. The molecule has 5 atom stereocenters. The van der Waals surface area contributed by atoms with E-state index in [0.29, 0.717) is 23.6 Å². The van der Waals surface area contributed by atoms with Crippen LogP contribution in [-0.2, 0) is 21.0 Å². The van der Waals surface area contributed by atoms with Crippen LogP contribution in [0.2, 0.25) is 0 Å². The Kier molecular flexibility index (Phi) is 4.63. The molecule has 2 heterocycles. The fourth-order valence-electron chi connectivity index (χ4n) is 4.52. The number of methoxy groups -OCH3 is 1. The molecule has 1 aromatic carbocycles. The topological polar surface area (TPSA) is 57.2 Å². The molecule has 0 spiro atoms. The van der Waals surface area contributed by atoms with Crippen LogP contribution in [0.1, 0.15) is 18.9 Å². The van der Waals surface area contributed by atoms with Crippen molar-refractivity contribution in [2.45, 2.75) is 38.0 Å². The lowest BCUT2D eigenvalue weighted by atomic mass is 9.71. The highest BCUT2D eigenvalue weighted by atomic mass is 17.2. The van der Waals surface area contributed by atoms with Crippen LogP contribution in [0, 0.1) is 11.8 Å². The molecule has 1 aromatic rings. The van der Waals surface area contributed by atoms with Gasteiger partial charge in [0, 0.05) is 18.9 Å². The number of piperidine rings is 1. The Balaban J connectivity index is 1.74. The zero-order valence-electron chi connectivity index (χ0n) is 15.4. The molecule has 4 rings (SSSR count). The number of carbonyl (C=O) groups excluding carboxylic acids is 1. The average molecular weight is 359 g/mol. The molecule has 1 saturated heterocycles. The van der Waals surface area contributed by atoms with E-state index in [4.69, 9.17) is 19.2 Å². The van der Waals surface area contributed by atoms with Crippen molar-refractivity contribution < 1.29 is 24.0 Å². The lowest BCUT2D eigenvalue weighted by Crippen LogP contribution is -2.55. The zero-order chi connectivity index (χ0) is 18.3. The second-order valence-corrected chi connectivity index (χ2v) is 7.37. The molecule has 2 aliphatic heterocycles. The number of benzene rings is 1. The van der Waals surface area contributed by atoms with Gasteiger partial charge >= 0.3 is 5.97 Å². The molecule has 26 heavy (non-hydrogen) atoms. The number of hydrogen-bond acceptors (Lipinski definition) is 6. The average Bonchev–Trinajstić information content (AvgIpc) is 2.64. The molecule has 1 aliphatic carbocycles. The van der Waals surface area contributed by atoms with Crippen molar-refractivity contribution in [2.75, 3.05) is 20.7 Å². The quantitative estimate of drug-likeness (QED) is 0.469. The summed E-state index contributed by atoms with van der Waals surface area (Å²) in [5, 5.41) is 0. The van der Waals surface area contributed by atoms with Gasteiger partial charge in [0.05, 0.1) is 7.11 Å². The van der Waals surface area contributed by atoms with Gasteiger partial charge < -0.3 is 14.4 Å². The number of likely N-dealkylation sites (tertiary alicyclic amines) is 1. The van der Waals surface area contributed by atoms with Gasteiger partial charge in [0.1, 0.15) is 6.10 Å². The van der Waals surface area contributed by atoms with Crippen LogP contribution in [0.3, 0.4) is 0 Å². The molecule has 0 saturated carbocycles. The summed E-state index contributed by atoms with van der Waals surface area (Å²) in [4.78, 5) is 23.9. The summed E-state index contributed by atoms with van der Waals surface area (Å²) < 4.78 is 11.9. The lowest BCUT2D eigenvalue weighted by molar-refractivity contribution is -0.303. The molecule has 0 radical (unpaired) electrons. The molecule has 0 N–H and O–H groups in total. The maximum atomic E-state index is 11.2. The van der Waals surface area contributed by atoms with Crippen molar-refractivity contribution in [2.24, 2.45) is 11.8 Å². The third-order valence-corrected chi connectivity index (χ3v) is 5.80. The van der Waals surface area contributed by atoms with Crippen LogP contribution in [0.25, 0.3) is 0 Å². The Morgan fingerprint density at radius 1 is 1.31 bits per heavy atom. The van der Waals surface area contributed by atoms with Crippen molar-refractivity contribution in [3.63, 3.8) is 0 Å². The fourth-order valence-corrected chi connectivity index (χ4v) is 4.52. The normalized spacial score (nSPS) is 32.7. The molecule has 0 unspecified atom stereocenters. The minimum atomic E-state index is -0.468. The zero-order valence-corrected chi connectivity index (χ0v) is 15.4. The van der Waals surface area contributed by atoms with Gasteiger partial charge in [0.15, 0.2) is 17.6 Å². The van der Waals surface area contributed by atoms with Crippen molar-refractivity contribution in [3.8, 4) is 11.5 Å². The minimum Gasteiger partial charge on any atom is -0.493 e. The summed E-state index contributed by atoms with van der Waals surface area (Å²) in [5.74, 6) is 1.62. The number of rotatable bonds is 3. The molecule has 6 heteroatoms. The predicted octanol–water partition coefficient (Wildman–Crippen LogP) is 2.37. The van der Waals surface area contributed by atoms with E-state index in [9.17, 15) is 4.79 Å². The van der Waals surface area contributed by atoms with Crippen LogP contribution in [0.15, 0.2) is 30.4 Å². The van der Waals surface area contributed by atoms with Crippen LogP contribution < -0.4 is 9.47 Å². The Bertz CT molecular complexity index is 718. The van der Waals surface area contributed by atoms with Crippen LogP contribution in [-0.4, -0.2) is 49.8 Å². The van der Waals surface area contributed by atoms with E-state index in [1.165, 1.54) is 12.5 Å². The van der Waals surface area contributed by atoms with Crippen molar-refractivity contribution in [1.82, 2.24) is 4.90 Å². The number of carbonyl (C=O) groups is 1. The smallest absolute Gasteiger partial charge is 0.339 e. The van der Waals surface area contributed by atoms with Gasteiger partial charge in [-0.2, -0.15) is 4.89 Å². The Labute approximate surface area is 153 Å². The first kappa shape index (κ1) is 17.4. The van der Waals surface area contributed by atoms with Gasteiger partial charge in [-0.3, -0.25) is 4.89 Å². The minimum absolute atomic E-state index is 0.234. The summed E-state index contributed by atoms with van der Waals surface area (Å²) in [6.07, 6.45) is 5.49. The monoisotopic (exact) mass is 359 g/mol. The van der Waals surface area contributed by atoms with Gasteiger partial charge in [-0.15, -0.1) is 0 Å². The van der Waals surface area contributed by atoms with Gasteiger partial charge in [-0.1, -0.05) is 18.2 Å². The molecule has 140 valence electrons. The van der Waals surface area contributed by atoms with E-state index < -0.39 is 12.1 Å². The molecular weight excluding hydrogens is 334 g/mol. The molecule has 6 nitrogen and oxygen atoms in total. The third-order valence-electron chi connectivity index (χ3n) is 5.80. The maximum absolute atomic E-state index is 11.2. The number of hydrogen-bond donors (Lipinski definition) is 0. The van der Waals surface area contributed by atoms with Crippen LogP contribution in [0.4, 0.5) is 0 Å². The highest BCUT2D eigenvalue weighted by Crippen LogP contribution is 2.43. The first-order valence-corrected chi connectivity index (χ1v) is 9.13. The Hall–Kier alpha value is -2.05. The van der Waals surface area contributed by atoms with E-state index in [0.717, 1.165) is 25.1 Å². The number of nitrogens with zero attached hydrogens (tertiary/aromatic N) is 1. The molecule has 0 amide bonds. The highest BCUT2D eigenvalue weighted by Gasteiger charge is 2.47. The SMILES string of the molecule is COc1ccc2cc1O[C@@H]1[C@H]3CCN(C)[C@H](C2)[C@@H]3C=C[C@@H]1OOC(C)=O. The van der Waals surface area contributed by atoms with Crippen molar-refractivity contribution in [3.05, 3.63) is 35.9 Å². The van der Waals surface area contributed by atoms with Crippen LogP contribution in [0.5, 0.6) is 11.5 Å². The first-order valence-electron chi connectivity index (χ1n) is 9.13. The van der Waals surface area contributed by atoms with Crippen molar-refractivity contribution >= 4 is 5.97 Å². The van der Waals surface area contributed by atoms with Gasteiger partial charge in [-0.25, -0.2) is 4.79 Å². The highest BCUT2D eigenvalue weighted by molar-refractivity contribution is 5.65. The fraction of sp³-hybridized carbons (Fsp3) is 0.550. The molecule has 6 bridgehead atoms. The number of fused-ring (bicyclic) bond motifs is 2. The van der Waals surface area contributed by atoms with E-state index in [1.807, 2.05) is 12.1 Å². The van der Waals surface area contributed by atoms with E-state index in [1.54, 1.807) is 7.11 Å². The Morgan fingerprint density at radius 2 is 2.15 bits per heavy atom. The molecule has 0 aromatic heterocycles. The number of ether oxygens (including phenoxy) is 2. The van der Waals surface area contributed by atoms with E-state index >= 15 is 0 Å².